The van der Waals surface area contributed by atoms with E-state index in [9.17, 15) is 10.2 Å². The van der Waals surface area contributed by atoms with Crippen LogP contribution in [0.3, 0.4) is 0 Å². The molecule has 3 nitrogen and oxygen atoms in total. The molecule has 2 N–H and O–H groups in total. The molecule has 1 heterocycles. The van der Waals surface area contributed by atoms with Gasteiger partial charge in [-0.15, -0.1) is 0 Å². The Kier molecular flexibility index (Phi) is 5.88. The van der Waals surface area contributed by atoms with Gasteiger partial charge >= 0.3 is 0 Å². The van der Waals surface area contributed by atoms with Crippen LogP contribution in [0.1, 0.15) is 44.5 Å². The molecular weight excluding hydrogens is 432 g/mol. The van der Waals surface area contributed by atoms with Gasteiger partial charge in [0.25, 0.3) is 0 Å². The van der Waals surface area contributed by atoms with Crippen molar-refractivity contribution in [3.05, 3.63) is 142 Å². The number of aliphatic hydroxyl groups excluding tert-OH is 2. The van der Waals surface area contributed by atoms with Gasteiger partial charge in [0.15, 0.2) is 0 Å². The van der Waals surface area contributed by atoms with Gasteiger partial charge in [0.1, 0.15) is 23.4 Å². The second kappa shape index (κ2) is 8.76. The summed E-state index contributed by atoms with van der Waals surface area (Å²) in [4.78, 5) is 0. The summed E-state index contributed by atoms with van der Waals surface area (Å²) in [5.41, 5.74) is 4.82. The molecule has 1 aliphatic heterocycles. The largest absolute Gasteiger partial charge is 0.386 e. The molecule has 0 aliphatic carbocycles. The number of rotatable bonds is 4. The Bertz CT molecular complexity index is 1180. The van der Waals surface area contributed by atoms with Gasteiger partial charge in [0.2, 0.25) is 0 Å². The van der Waals surface area contributed by atoms with Gasteiger partial charge in [-0.3, -0.25) is 0 Å². The second-order valence-corrected chi connectivity index (χ2v) is 9.72. The van der Waals surface area contributed by atoms with E-state index in [0.29, 0.717) is 0 Å². The number of aryl methyl sites for hydroxylation is 4. The summed E-state index contributed by atoms with van der Waals surface area (Å²) < 4.78 is 7.33. The minimum atomic E-state index is -1.28. The predicted octanol–water partition coefficient (Wildman–Crippen LogP) is 5.86. The fraction of sp³-hybridized carbons (Fsp3) is 0.250. The topological polar surface area (TPSA) is 49.7 Å². The van der Waals surface area contributed by atoms with Crippen molar-refractivity contribution in [3.63, 3.8) is 0 Å². The molecule has 0 spiro atoms. The maximum Gasteiger partial charge on any atom is 0.149 e. The highest BCUT2D eigenvalue weighted by molar-refractivity contribution is 5.53. The fourth-order valence-corrected chi connectivity index (χ4v) is 5.93. The Morgan fingerprint density at radius 3 is 0.914 bits per heavy atom. The van der Waals surface area contributed by atoms with Crippen molar-refractivity contribution in [2.75, 3.05) is 0 Å². The summed E-state index contributed by atoms with van der Waals surface area (Å²) in [6, 6.07) is 31.9. The van der Waals surface area contributed by atoms with Crippen LogP contribution in [0.4, 0.5) is 0 Å². The van der Waals surface area contributed by atoms with Crippen molar-refractivity contribution in [1.82, 2.24) is 0 Å². The Labute approximate surface area is 207 Å². The molecule has 1 aliphatic rings. The zero-order valence-electron chi connectivity index (χ0n) is 20.7. The standard InChI is InChI=1S/C32H32O3/c1-21-13-5-9-17-25(21)31(26-18-10-6-14-22(26)2)29(33)30(34)32(35-31,27-19-11-7-15-23(27)3)28-20-12-8-16-24(28)4/h5-20,29-30,33-34H,1-4H3. The van der Waals surface area contributed by atoms with E-state index in [1.807, 2.05) is 125 Å². The molecule has 4 aromatic carbocycles. The molecule has 0 bridgehead atoms. The van der Waals surface area contributed by atoms with E-state index < -0.39 is 23.4 Å². The molecule has 0 amide bonds. The van der Waals surface area contributed by atoms with E-state index in [-0.39, 0.29) is 0 Å². The fourth-order valence-electron chi connectivity index (χ4n) is 5.93. The molecule has 178 valence electrons. The lowest BCUT2D eigenvalue weighted by Crippen LogP contribution is -2.44. The monoisotopic (exact) mass is 464 g/mol. The van der Waals surface area contributed by atoms with Crippen molar-refractivity contribution in [1.29, 1.82) is 0 Å². The number of ether oxygens (including phenoxy) is 1. The summed E-state index contributed by atoms with van der Waals surface area (Å²) in [5.74, 6) is 0. The van der Waals surface area contributed by atoms with Gasteiger partial charge in [-0.25, -0.2) is 0 Å². The SMILES string of the molecule is Cc1ccccc1C1(c2ccccc2C)OC(c2ccccc2C)(c2ccccc2C)C(O)C1O. The number of hydrogen-bond acceptors (Lipinski definition) is 3. The van der Waals surface area contributed by atoms with Crippen LogP contribution in [-0.2, 0) is 15.9 Å². The average molecular weight is 465 g/mol. The molecule has 0 saturated carbocycles. The Morgan fingerprint density at radius 2 is 0.686 bits per heavy atom. The van der Waals surface area contributed by atoms with Gasteiger partial charge in [0, 0.05) is 0 Å². The molecule has 5 rings (SSSR count). The van der Waals surface area contributed by atoms with Crippen molar-refractivity contribution in [3.8, 4) is 0 Å². The molecule has 35 heavy (non-hydrogen) atoms. The van der Waals surface area contributed by atoms with E-state index in [2.05, 4.69) is 0 Å². The minimum Gasteiger partial charge on any atom is -0.386 e. The molecule has 4 aromatic rings. The predicted molar refractivity (Wildman–Crippen MR) is 139 cm³/mol. The molecule has 1 fully saturated rings. The number of hydrogen-bond donors (Lipinski definition) is 2. The lowest BCUT2D eigenvalue weighted by atomic mass is 9.74. The van der Waals surface area contributed by atoms with Crippen LogP contribution in [0.15, 0.2) is 97.1 Å². The lowest BCUT2D eigenvalue weighted by molar-refractivity contribution is -0.101. The van der Waals surface area contributed by atoms with Crippen molar-refractivity contribution < 1.29 is 14.9 Å². The Morgan fingerprint density at radius 1 is 0.457 bits per heavy atom. The molecule has 1 saturated heterocycles. The second-order valence-electron chi connectivity index (χ2n) is 9.72. The zero-order chi connectivity index (χ0) is 24.8. The van der Waals surface area contributed by atoms with Gasteiger partial charge < -0.3 is 14.9 Å². The lowest BCUT2D eigenvalue weighted by Gasteiger charge is -2.39. The molecule has 3 heteroatoms. The van der Waals surface area contributed by atoms with Crippen LogP contribution in [-0.4, -0.2) is 22.4 Å². The van der Waals surface area contributed by atoms with E-state index >= 15 is 0 Å². The van der Waals surface area contributed by atoms with Gasteiger partial charge in [-0.05, 0) is 72.2 Å². The van der Waals surface area contributed by atoms with Crippen LogP contribution < -0.4 is 0 Å². The maximum absolute atomic E-state index is 12.1. The van der Waals surface area contributed by atoms with Crippen LogP contribution in [0.5, 0.6) is 0 Å². The third kappa shape index (κ3) is 3.38. The molecule has 0 aromatic heterocycles. The molecule has 2 unspecified atom stereocenters. The summed E-state index contributed by atoms with van der Waals surface area (Å²) >= 11 is 0. The van der Waals surface area contributed by atoms with Gasteiger partial charge in [-0.1, -0.05) is 97.1 Å². The highest BCUT2D eigenvalue weighted by atomic mass is 16.6. The zero-order valence-corrected chi connectivity index (χ0v) is 20.7. The third-order valence-corrected chi connectivity index (χ3v) is 7.63. The summed E-state index contributed by atoms with van der Waals surface area (Å²) in [7, 11) is 0. The van der Waals surface area contributed by atoms with E-state index in [0.717, 1.165) is 44.5 Å². The average Bonchev–Trinajstić information content (AvgIpc) is 3.09. The van der Waals surface area contributed by atoms with E-state index in [4.69, 9.17) is 4.74 Å². The molecule has 2 atom stereocenters. The highest BCUT2D eigenvalue weighted by Gasteiger charge is 2.65. The normalized spacial score (nSPS) is 20.6. The van der Waals surface area contributed by atoms with Gasteiger partial charge in [0.05, 0.1) is 0 Å². The summed E-state index contributed by atoms with van der Waals surface area (Å²) in [6.45, 7) is 8.11. The van der Waals surface area contributed by atoms with Crippen LogP contribution >= 0.6 is 0 Å². The first kappa shape index (κ1) is 23.5. The first-order valence-corrected chi connectivity index (χ1v) is 12.1. The van der Waals surface area contributed by atoms with E-state index in [1.54, 1.807) is 0 Å². The smallest absolute Gasteiger partial charge is 0.149 e. The first-order chi connectivity index (χ1) is 16.8. The molecule has 0 radical (unpaired) electrons. The number of aliphatic hydroxyl groups is 2. The van der Waals surface area contributed by atoms with E-state index in [1.165, 1.54) is 0 Å². The minimum absolute atomic E-state index is 0.852. The van der Waals surface area contributed by atoms with Crippen LogP contribution in [0.25, 0.3) is 0 Å². The quantitative estimate of drug-likeness (QED) is 0.398. The van der Waals surface area contributed by atoms with Crippen LogP contribution in [0.2, 0.25) is 0 Å². The van der Waals surface area contributed by atoms with Crippen molar-refractivity contribution >= 4 is 0 Å². The third-order valence-electron chi connectivity index (χ3n) is 7.63. The van der Waals surface area contributed by atoms with Crippen LogP contribution in [0, 0.1) is 27.7 Å². The Hall–Kier alpha value is -3.24. The van der Waals surface area contributed by atoms with Gasteiger partial charge in [-0.2, -0.15) is 0 Å². The maximum atomic E-state index is 12.1. The van der Waals surface area contributed by atoms with Crippen molar-refractivity contribution in [2.24, 2.45) is 0 Å². The summed E-state index contributed by atoms with van der Waals surface area (Å²) in [6.07, 6.45) is -2.44. The summed E-state index contributed by atoms with van der Waals surface area (Å²) in [5, 5.41) is 24.3. The first-order valence-electron chi connectivity index (χ1n) is 12.1. The highest BCUT2D eigenvalue weighted by Crippen LogP contribution is 2.57. The Balaban J connectivity index is 1.91. The van der Waals surface area contributed by atoms with Crippen molar-refractivity contribution in [2.45, 2.75) is 51.1 Å². The molecular formula is C32H32O3. The number of benzene rings is 4.